The van der Waals surface area contributed by atoms with Crippen LogP contribution in [-0.2, 0) is 0 Å². The van der Waals surface area contributed by atoms with Crippen molar-refractivity contribution in [2.75, 3.05) is 7.11 Å². The van der Waals surface area contributed by atoms with Crippen molar-refractivity contribution in [3.8, 4) is 5.75 Å². The van der Waals surface area contributed by atoms with E-state index in [1.807, 2.05) is 25.5 Å². The topological polar surface area (TPSA) is 65.1 Å². The molecule has 21 heavy (non-hydrogen) atoms. The second kappa shape index (κ2) is 6.24. The highest BCUT2D eigenvalue weighted by atomic mass is 19.1. The van der Waals surface area contributed by atoms with Gasteiger partial charge in [0.05, 0.1) is 19.3 Å². The fraction of sp³-hybridized carbons (Fsp3) is 0.400. The van der Waals surface area contributed by atoms with E-state index >= 15 is 0 Å². The van der Waals surface area contributed by atoms with Gasteiger partial charge in [-0.3, -0.25) is 10.5 Å². The van der Waals surface area contributed by atoms with Crippen molar-refractivity contribution < 1.29 is 9.13 Å². The largest absolute Gasteiger partial charge is 0.493 e. The highest BCUT2D eigenvalue weighted by Crippen LogP contribution is 2.32. The first kappa shape index (κ1) is 15.5. The molecule has 0 fully saturated rings. The molecule has 0 saturated carbocycles. The van der Waals surface area contributed by atoms with Crippen LogP contribution in [0, 0.1) is 12.7 Å². The third kappa shape index (κ3) is 2.91. The van der Waals surface area contributed by atoms with Crippen LogP contribution in [0.4, 0.5) is 4.39 Å². The first-order valence-corrected chi connectivity index (χ1v) is 6.83. The van der Waals surface area contributed by atoms with E-state index in [1.165, 1.54) is 12.1 Å². The van der Waals surface area contributed by atoms with Crippen LogP contribution in [-0.4, -0.2) is 16.9 Å². The van der Waals surface area contributed by atoms with E-state index in [9.17, 15) is 4.39 Å². The summed E-state index contributed by atoms with van der Waals surface area (Å²) in [5.41, 5.74) is 5.32. The van der Waals surface area contributed by atoms with Crippen LogP contribution in [0.1, 0.15) is 42.8 Å². The standard InChI is InChI=1S/C15H21FN4O/c1-9(2)20-15(13(21-4)8-18-20)14(19-17)12-6-5-11(16)7-10(12)3/h5-9,14,19H,17H2,1-4H3. The Hall–Kier alpha value is -1.92. The van der Waals surface area contributed by atoms with Crippen molar-refractivity contribution in [3.05, 3.63) is 47.0 Å². The van der Waals surface area contributed by atoms with Crippen LogP contribution in [0.25, 0.3) is 0 Å². The summed E-state index contributed by atoms with van der Waals surface area (Å²) in [6.07, 6.45) is 1.67. The predicted molar refractivity (Wildman–Crippen MR) is 79.5 cm³/mol. The molecule has 5 nitrogen and oxygen atoms in total. The van der Waals surface area contributed by atoms with Crippen LogP contribution >= 0.6 is 0 Å². The number of halogens is 1. The molecule has 2 aromatic rings. The molecular formula is C15H21FN4O. The van der Waals surface area contributed by atoms with Gasteiger partial charge in [-0.1, -0.05) is 6.07 Å². The molecule has 0 radical (unpaired) electrons. The summed E-state index contributed by atoms with van der Waals surface area (Å²) < 4.78 is 20.6. The first-order valence-electron chi connectivity index (χ1n) is 6.83. The second-order valence-corrected chi connectivity index (χ2v) is 5.24. The number of nitrogens with zero attached hydrogens (tertiary/aromatic N) is 2. The monoisotopic (exact) mass is 292 g/mol. The number of benzene rings is 1. The number of aromatic nitrogens is 2. The maximum atomic E-state index is 13.3. The van der Waals surface area contributed by atoms with Crippen molar-refractivity contribution in [2.24, 2.45) is 5.84 Å². The van der Waals surface area contributed by atoms with E-state index in [4.69, 9.17) is 10.6 Å². The van der Waals surface area contributed by atoms with Gasteiger partial charge in [0, 0.05) is 6.04 Å². The van der Waals surface area contributed by atoms with Crippen LogP contribution in [0.3, 0.4) is 0 Å². The second-order valence-electron chi connectivity index (χ2n) is 5.24. The van der Waals surface area contributed by atoms with Gasteiger partial charge in [0.1, 0.15) is 11.5 Å². The first-order chi connectivity index (χ1) is 9.99. The molecule has 0 aliphatic rings. The average Bonchev–Trinajstić information content (AvgIpc) is 2.86. The molecule has 0 spiro atoms. The molecule has 3 N–H and O–H groups in total. The minimum absolute atomic E-state index is 0.153. The number of hydrogen-bond donors (Lipinski definition) is 2. The Morgan fingerprint density at radius 1 is 1.38 bits per heavy atom. The normalized spacial score (nSPS) is 12.7. The smallest absolute Gasteiger partial charge is 0.161 e. The maximum absolute atomic E-state index is 13.3. The summed E-state index contributed by atoms with van der Waals surface area (Å²) in [6, 6.07) is 4.47. The van der Waals surface area contributed by atoms with E-state index in [-0.39, 0.29) is 17.9 Å². The molecule has 2 rings (SSSR count). The molecule has 6 heteroatoms. The Morgan fingerprint density at radius 2 is 2.10 bits per heavy atom. The molecule has 1 atom stereocenters. The summed E-state index contributed by atoms with van der Waals surface area (Å²) in [6.45, 7) is 5.91. The van der Waals surface area contributed by atoms with E-state index in [0.29, 0.717) is 5.75 Å². The average molecular weight is 292 g/mol. The van der Waals surface area contributed by atoms with Gasteiger partial charge in [-0.25, -0.2) is 9.82 Å². The molecule has 1 aromatic heterocycles. The van der Waals surface area contributed by atoms with Gasteiger partial charge in [-0.2, -0.15) is 5.10 Å². The van der Waals surface area contributed by atoms with Gasteiger partial charge >= 0.3 is 0 Å². The van der Waals surface area contributed by atoms with Crippen molar-refractivity contribution in [3.63, 3.8) is 0 Å². The van der Waals surface area contributed by atoms with Gasteiger partial charge < -0.3 is 4.74 Å². The third-order valence-electron chi connectivity index (χ3n) is 3.49. The molecule has 0 saturated heterocycles. The molecule has 1 aromatic carbocycles. The molecule has 1 unspecified atom stereocenters. The lowest BCUT2D eigenvalue weighted by molar-refractivity contribution is 0.394. The Labute approximate surface area is 123 Å². The van der Waals surface area contributed by atoms with Crippen LogP contribution in [0.2, 0.25) is 0 Å². The van der Waals surface area contributed by atoms with E-state index < -0.39 is 0 Å². The zero-order chi connectivity index (χ0) is 15.6. The Kier molecular flexibility index (Phi) is 4.59. The Bertz CT molecular complexity index is 624. The summed E-state index contributed by atoms with van der Waals surface area (Å²) in [4.78, 5) is 0. The van der Waals surface area contributed by atoms with Gasteiger partial charge in [-0.15, -0.1) is 0 Å². The summed E-state index contributed by atoms with van der Waals surface area (Å²) >= 11 is 0. The summed E-state index contributed by atoms with van der Waals surface area (Å²) in [7, 11) is 1.59. The number of hydrogen-bond acceptors (Lipinski definition) is 4. The van der Waals surface area contributed by atoms with Gasteiger partial charge in [-0.05, 0) is 44.0 Å². The van der Waals surface area contributed by atoms with Crippen molar-refractivity contribution in [2.45, 2.75) is 32.9 Å². The van der Waals surface area contributed by atoms with Crippen LogP contribution in [0.5, 0.6) is 5.75 Å². The van der Waals surface area contributed by atoms with Crippen LogP contribution in [0.15, 0.2) is 24.4 Å². The quantitative estimate of drug-likeness (QED) is 0.656. The predicted octanol–water partition coefficient (Wildman–Crippen LogP) is 2.47. The minimum Gasteiger partial charge on any atom is -0.493 e. The lowest BCUT2D eigenvalue weighted by Crippen LogP contribution is -2.32. The number of nitrogens with one attached hydrogen (secondary N) is 1. The van der Waals surface area contributed by atoms with E-state index in [1.54, 1.807) is 19.4 Å². The van der Waals surface area contributed by atoms with Crippen molar-refractivity contribution >= 4 is 0 Å². The van der Waals surface area contributed by atoms with E-state index in [2.05, 4.69) is 10.5 Å². The molecule has 114 valence electrons. The number of nitrogens with two attached hydrogens (primary N) is 1. The molecular weight excluding hydrogens is 271 g/mol. The van der Waals surface area contributed by atoms with Gasteiger partial charge in [0.15, 0.2) is 5.75 Å². The van der Waals surface area contributed by atoms with Crippen molar-refractivity contribution in [1.82, 2.24) is 15.2 Å². The van der Waals surface area contributed by atoms with Crippen LogP contribution < -0.4 is 16.0 Å². The zero-order valence-electron chi connectivity index (χ0n) is 12.7. The molecule has 0 aliphatic heterocycles. The van der Waals surface area contributed by atoms with Gasteiger partial charge in [0.25, 0.3) is 0 Å². The molecule has 1 heterocycles. The Morgan fingerprint density at radius 3 is 2.62 bits per heavy atom. The van der Waals surface area contributed by atoms with Gasteiger partial charge in [0.2, 0.25) is 0 Å². The molecule has 0 amide bonds. The zero-order valence-corrected chi connectivity index (χ0v) is 12.7. The lowest BCUT2D eigenvalue weighted by atomic mass is 9.98. The Balaban J connectivity index is 2.58. The highest BCUT2D eigenvalue weighted by Gasteiger charge is 2.25. The minimum atomic E-state index is -0.328. The fourth-order valence-electron chi connectivity index (χ4n) is 2.48. The summed E-state index contributed by atoms with van der Waals surface area (Å²) in [5, 5.41) is 4.35. The number of aryl methyl sites for hydroxylation is 1. The number of ether oxygens (including phenoxy) is 1. The molecule has 0 aliphatic carbocycles. The highest BCUT2D eigenvalue weighted by molar-refractivity contribution is 5.40. The third-order valence-corrected chi connectivity index (χ3v) is 3.49. The fourth-order valence-corrected chi connectivity index (χ4v) is 2.48. The number of hydrazine groups is 1. The SMILES string of the molecule is COc1cnn(C(C)C)c1C(NN)c1ccc(F)cc1C. The lowest BCUT2D eigenvalue weighted by Gasteiger charge is -2.22. The number of methoxy groups -OCH3 is 1. The maximum Gasteiger partial charge on any atom is 0.161 e. The number of rotatable bonds is 5. The van der Waals surface area contributed by atoms with E-state index in [0.717, 1.165) is 16.8 Å². The summed E-state index contributed by atoms with van der Waals surface area (Å²) in [5.74, 6) is 6.14. The van der Waals surface area contributed by atoms with Crippen molar-refractivity contribution in [1.29, 1.82) is 0 Å². The molecule has 0 bridgehead atoms.